The Morgan fingerprint density at radius 2 is 1.67 bits per heavy atom. The largest absolute Gasteiger partial charge is 0.313 e. The van der Waals surface area contributed by atoms with E-state index in [1.165, 1.54) is 0 Å². The van der Waals surface area contributed by atoms with Crippen LogP contribution in [0.15, 0.2) is 18.2 Å². The molecule has 0 heterocycles. The molecule has 3 heteroatoms. The second-order valence-electron chi connectivity index (χ2n) is 6.33. The average Bonchev–Trinajstić information content (AvgIpc) is 2.68. The van der Waals surface area contributed by atoms with Crippen LogP contribution >= 0.6 is 23.2 Å². The van der Waals surface area contributed by atoms with Gasteiger partial charge in [0, 0.05) is 6.04 Å². The van der Waals surface area contributed by atoms with Gasteiger partial charge in [0.15, 0.2) is 0 Å². The number of rotatable bonds is 3. The number of hydrogen-bond donors (Lipinski definition) is 1. The highest BCUT2D eigenvalue weighted by Gasteiger charge is 2.67. The quantitative estimate of drug-likeness (QED) is 0.830. The average molecular weight is 286 g/mol. The first kappa shape index (κ1) is 14.2. The van der Waals surface area contributed by atoms with E-state index in [1.54, 1.807) is 0 Å². The molecule has 18 heavy (non-hydrogen) atoms. The van der Waals surface area contributed by atoms with Gasteiger partial charge in [-0.2, -0.15) is 0 Å². The van der Waals surface area contributed by atoms with Crippen molar-refractivity contribution < 1.29 is 0 Å². The van der Waals surface area contributed by atoms with Gasteiger partial charge in [0.05, 0.1) is 10.0 Å². The van der Waals surface area contributed by atoms with Gasteiger partial charge in [0.2, 0.25) is 0 Å². The maximum absolute atomic E-state index is 6.35. The van der Waals surface area contributed by atoms with Crippen molar-refractivity contribution in [1.29, 1.82) is 0 Å². The lowest BCUT2D eigenvalue weighted by Gasteiger charge is -2.21. The molecule has 1 aromatic carbocycles. The highest BCUT2D eigenvalue weighted by Crippen LogP contribution is 2.72. The number of nitrogens with one attached hydrogen (secondary N) is 1. The zero-order chi connectivity index (χ0) is 13.7. The fourth-order valence-corrected chi connectivity index (χ4v) is 3.77. The Bertz CT molecular complexity index is 452. The molecule has 1 nitrogen and oxygen atoms in total. The van der Waals surface area contributed by atoms with Crippen molar-refractivity contribution >= 4 is 23.2 Å². The molecular formula is C15H21Cl2N. The van der Waals surface area contributed by atoms with Gasteiger partial charge >= 0.3 is 0 Å². The lowest BCUT2D eigenvalue weighted by atomic mass is 9.96. The molecular weight excluding hydrogens is 265 g/mol. The van der Waals surface area contributed by atoms with Crippen LogP contribution in [-0.2, 0) is 0 Å². The zero-order valence-electron chi connectivity index (χ0n) is 11.6. The summed E-state index contributed by atoms with van der Waals surface area (Å²) in [6, 6.07) is 6.13. The monoisotopic (exact) mass is 285 g/mol. The Hall–Kier alpha value is -0.240. The van der Waals surface area contributed by atoms with Crippen molar-refractivity contribution in [2.45, 2.75) is 33.7 Å². The number of benzene rings is 1. The molecule has 0 bridgehead atoms. The molecule has 0 amide bonds. The summed E-state index contributed by atoms with van der Waals surface area (Å²) in [5.41, 5.74) is 1.73. The third kappa shape index (κ3) is 1.88. The number of hydrogen-bond acceptors (Lipinski definition) is 1. The van der Waals surface area contributed by atoms with Crippen molar-refractivity contribution in [3.8, 4) is 0 Å². The summed E-state index contributed by atoms with van der Waals surface area (Å²) < 4.78 is 0. The predicted octanol–water partition coefficient (Wildman–Crippen LogP) is 4.94. The van der Waals surface area contributed by atoms with Gasteiger partial charge in [-0.3, -0.25) is 0 Å². The Kier molecular flexibility index (Phi) is 3.46. The fourth-order valence-electron chi connectivity index (χ4n) is 3.34. The normalized spacial score (nSPS) is 22.8. The summed E-state index contributed by atoms with van der Waals surface area (Å²) in [4.78, 5) is 0. The molecule has 1 saturated carbocycles. The van der Waals surface area contributed by atoms with E-state index in [9.17, 15) is 0 Å². The first-order valence-corrected chi connectivity index (χ1v) is 7.12. The van der Waals surface area contributed by atoms with E-state index in [0.717, 1.165) is 5.56 Å². The van der Waals surface area contributed by atoms with Crippen LogP contribution in [0.4, 0.5) is 0 Å². The molecule has 0 aliphatic heterocycles. The predicted molar refractivity (Wildman–Crippen MR) is 79.3 cm³/mol. The van der Waals surface area contributed by atoms with Gasteiger partial charge in [-0.25, -0.2) is 0 Å². The van der Waals surface area contributed by atoms with Crippen molar-refractivity contribution in [3.05, 3.63) is 33.8 Å². The maximum atomic E-state index is 6.35. The molecule has 1 N–H and O–H groups in total. The van der Waals surface area contributed by atoms with Crippen LogP contribution in [0, 0.1) is 16.7 Å². The van der Waals surface area contributed by atoms with E-state index in [2.05, 4.69) is 39.1 Å². The van der Waals surface area contributed by atoms with E-state index < -0.39 is 0 Å². The third-order valence-electron chi connectivity index (χ3n) is 5.09. The summed E-state index contributed by atoms with van der Waals surface area (Å²) in [7, 11) is 1.99. The SMILES string of the molecule is CNC(c1cccc(Cl)c1Cl)C1C(C)(C)C1(C)C. The van der Waals surface area contributed by atoms with Crippen molar-refractivity contribution in [1.82, 2.24) is 5.32 Å². The first-order chi connectivity index (χ1) is 8.25. The molecule has 1 unspecified atom stereocenters. The first-order valence-electron chi connectivity index (χ1n) is 6.36. The highest BCUT2D eigenvalue weighted by molar-refractivity contribution is 6.42. The van der Waals surface area contributed by atoms with Gasteiger partial charge < -0.3 is 5.32 Å². The summed E-state index contributed by atoms with van der Waals surface area (Å²) in [6.07, 6.45) is 0. The Morgan fingerprint density at radius 1 is 1.11 bits per heavy atom. The molecule has 1 aliphatic rings. The van der Waals surface area contributed by atoms with E-state index in [1.807, 2.05) is 19.2 Å². The van der Waals surface area contributed by atoms with Gasteiger partial charge in [-0.05, 0) is 35.4 Å². The number of halogens is 2. The maximum Gasteiger partial charge on any atom is 0.0640 e. The Balaban J connectivity index is 2.40. The van der Waals surface area contributed by atoms with Gasteiger partial charge in [0.25, 0.3) is 0 Å². The summed E-state index contributed by atoms with van der Waals surface area (Å²) >= 11 is 12.5. The van der Waals surface area contributed by atoms with Crippen LogP contribution < -0.4 is 5.32 Å². The summed E-state index contributed by atoms with van der Waals surface area (Å²) in [5.74, 6) is 0.561. The Labute approximate surface area is 120 Å². The van der Waals surface area contributed by atoms with Crippen LogP contribution in [0.2, 0.25) is 10.0 Å². The topological polar surface area (TPSA) is 12.0 Å². The molecule has 1 atom stereocenters. The lowest BCUT2D eigenvalue weighted by Crippen LogP contribution is -2.21. The minimum Gasteiger partial charge on any atom is -0.313 e. The Morgan fingerprint density at radius 3 is 2.11 bits per heavy atom. The molecule has 100 valence electrons. The van der Waals surface area contributed by atoms with Crippen molar-refractivity contribution in [2.24, 2.45) is 16.7 Å². The molecule has 0 spiro atoms. The van der Waals surface area contributed by atoms with Gasteiger partial charge in [-0.15, -0.1) is 0 Å². The zero-order valence-corrected chi connectivity index (χ0v) is 13.2. The van der Waals surface area contributed by atoms with E-state index in [-0.39, 0.29) is 6.04 Å². The van der Waals surface area contributed by atoms with Gasteiger partial charge in [-0.1, -0.05) is 63.0 Å². The van der Waals surface area contributed by atoms with E-state index in [4.69, 9.17) is 23.2 Å². The second-order valence-corrected chi connectivity index (χ2v) is 7.12. The summed E-state index contributed by atoms with van der Waals surface area (Å²) in [6.45, 7) is 9.28. The van der Waals surface area contributed by atoms with Gasteiger partial charge in [0.1, 0.15) is 0 Å². The van der Waals surface area contributed by atoms with Crippen LogP contribution in [0.1, 0.15) is 39.3 Å². The third-order valence-corrected chi connectivity index (χ3v) is 5.93. The fraction of sp³-hybridized carbons (Fsp3) is 0.600. The van der Waals surface area contributed by atoms with Crippen LogP contribution in [0.25, 0.3) is 0 Å². The second kappa shape index (κ2) is 4.40. The smallest absolute Gasteiger partial charge is 0.0640 e. The van der Waals surface area contributed by atoms with E-state index in [0.29, 0.717) is 26.8 Å². The van der Waals surface area contributed by atoms with Crippen LogP contribution in [0.5, 0.6) is 0 Å². The molecule has 0 aromatic heterocycles. The molecule has 0 saturated heterocycles. The molecule has 1 aromatic rings. The summed E-state index contributed by atoms with van der Waals surface area (Å²) in [5, 5.41) is 4.72. The minimum absolute atomic E-state index is 0.251. The highest BCUT2D eigenvalue weighted by atomic mass is 35.5. The molecule has 2 rings (SSSR count). The molecule has 1 fully saturated rings. The van der Waals surface area contributed by atoms with Crippen LogP contribution in [-0.4, -0.2) is 7.05 Å². The lowest BCUT2D eigenvalue weighted by molar-refractivity contribution is 0.438. The van der Waals surface area contributed by atoms with E-state index >= 15 is 0 Å². The standard InChI is InChI=1S/C15H21Cl2N/c1-14(2)13(15(14,3)4)12(18-5)9-7-6-8-10(16)11(9)17/h6-8,12-13,18H,1-5H3. The van der Waals surface area contributed by atoms with Crippen molar-refractivity contribution in [2.75, 3.05) is 7.05 Å². The van der Waals surface area contributed by atoms with Crippen molar-refractivity contribution in [3.63, 3.8) is 0 Å². The minimum atomic E-state index is 0.251. The van der Waals surface area contributed by atoms with Crippen LogP contribution in [0.3, 0.4) is 0 Å². The molecule has 1 aliphatic carbocycles. The molecule has 0 radical (unpaired) electrons.